The van der Waals surface area contributed by atoms with Crippen LogP contribution in [0.25, 0.3) is 0 Å². The Morgan fingerprint density at radius 2 is 1.90 bits per heavy atom. The van der Waals surface area contributed by atoms with E-state index in [1.54, 1.807) is 24.3 Å². The summed E-state index contributed by atoms with van der Waals surface area (Å²) in [6.07, 6.45) is 0. The fourth-order valence-electron chi connectivity index (χ4n) is 1.81. The van der Waals surface area contributed by atoms with Crippen molar-refractivity contribution in [2.24, 2.45) is 0 Å². The highest BCUT2D eigenvalue weighted by atomic mass is 79.9. The van der Waals surface area contributed by atoms with Crippen molar-refractivity contribution in [3.8, 4) is 0 Å². The van der Waals surface area contributed by atoms with Crippen molar-refractivity contribution in [1.82, 2.24) is 0 Å². The predicted octanol–water partition coefficient (Wildman–Crippen LogP) is 5.59. The number of ketones is 1. The predicted molar refractivity (Wildman–Crippen MR) is 90.9 cm³/mol. The molecule has 104 valence electrons. The average Bonchev–Trinajstić information content (AvgIpc) is 2.45. The number of hydrogen-bond acceptors (Lipinski definition) is 2. The summed E-state index contributed by atoms with van der Waals surface area (Å²) < 4.78 is 0.839. The second-order valence-electron chi connectivity index (χ2n) is 4.29. The maximum Gasteiger partial charge on any atom is 0.194 e. The molecule has 0 spiro atoms. The Morgan fingerprint density at radius 1 is 1.20 bits per heavy atom. The zero-order valence-electron chi connectivity index (χ0n) is 11.0. The fourth-order valence-corrected chi connectivity index (χ4v) is 3.16. The first kappa shape index (κ1) is 15.6. The summed E-state index contributed by atoms with van der Waals surface area (Å²) in [5.74, 6) is 2.05. The lowest BCUT2D eigenvalue weighted by molar-refractivity contribution is 0.103. The zero-order chi connectivity index (χ0) is 14.5. The first-order valence-corrected chi connectivity index (χ1v) is 8.61. The van der Waals surface area contributed by atoms with E-state index in [2.05, 4.69) is 22.9 Å². The molecule has 0 saturated carbocycles. The molecule has 0 aromatic heterocycles. The van der Waals surface area contributed by atoms with Gasteiger partial charge in [0.05, 0.1) is 0 Å². The molecule has 0 N–H and O–H groups in total. The largest absolute Gasteiger partial charge is 0.289 e. The minimum atomic E-state index is 0.00300. The first-order valence-electron chi connectivity index (χ1n) is 6.28. The average molecular weight is 370 g/mol. The van der Waals surface area contributed by atoms with Gasteiger partial charge in [0.15, 0.2) is 5.78 Å². The summed E-state index contributed by atoms with van der Waals surface area (Å²) >= 11 is 11.2. The van der Waals surface area contributed by atoms with E-state index >= 15 is 0 Å². The molecule has 2 rings (SSSR count). The van der Waals surface area contributed by atoms with Gasteiger partial charge in [-0.1, -0.05) is 40.5 Å². The lowest BCUT2D eigenvalue weighted by Crippen LogP contribution is -2.02. The van der Waals surface area contributed by atoms with Gasteiger partial charge >= 0.3 is 0 Å². The molecule has 0 atom stereocenters. The fraction of sp³-hybridized carbons (Fsp3) is 0.188. The molecule has 2 aromatic rings. The van der Waals surface area contributed by atoms with Crippen molar-refractivity contribution in [2.45, 2.75) is 12.7 Å². The van der Waals surface area contributed by atoms with Crippen LogP contribution in [0.15, 0.2) is 46.9 Å². The third-order valence-electron chi connectivity index (χ3n) is 2.86. The van der Waals surface area contributed by atoms with E-state index in [1.165, 1.54) is 5.56 Å². The van der Waals surface area contributed by atoms with E-state index in [0.29, 0.717) is 16.1 Å². The second kappa shape index (κ2) is 7.30. The molecule has 0 fully saturated rings. The van der Waals surface area contributed by atoms with Gasteiger partial charge in [-0.3, -0.25) is 4.79 Å². The topological polar surface area (TPSA) is 17.1 Å². The maximum absolute atomic E-state index is 12.4. The van der Waals surface area contributed by atoms with E-state index < -0.39 is 0 Å². The number of benzene rings is 2. The van der Waals surface area contributed by atoms with E-state index in [0.717, 1.165) is 16.0 Å². The zero-order valence-corrected chi connectivity index (χ0v) is 14.2. The third kappa shape index (κ3) is 3.87. The standard InChI is InChI=1S/C16H14BrClOS/c1-2-20-10-11-3-8-14(15(17)9-11)16(19)12-4-6-13(18)7-5-12/h3-9H,2,10H2,1H3. The Labute approximate surface area is 136 Å². The van der Waals surface area contributed by atoms with Gasteiger partial charge < -0.3 is 0 Å². The molecule has 2 aromatic carbocycles. The van der Waals surface area contributed by atoms with Crippen molar-refractivity contribution in [2.75, 3.05) is 5.75 Å². The number of carbonyl (C=O) groups is 1. The normalized spacial score (nSPS) is 10.6. The number of thioether (sulfide) groups is 1. The molecule has 0 unspecified atom stereocenters. The van der Waals surface area contributed by atoms with Crippen molar-refractivity contribution in [3.63, 3.8) is 0 Å². The van der Waals surface area contributed by atoms with E-state index in [9.17, 15) is 4.79 Å². The monoisotopic (exact) mass is 368 g/mol. The highest BCUT2D eigenvalue weighted by molar-refractivity contribution is 9.10. The van der Waals surface area contributed by atoms with E-state index in [1.807, 2.05) is 30.0 Å². The molecule has 0 aliphatic heterocycles. The Balaban J connectivity index is 2.24. The van der Waals surface area contributed by atoms with Crippen LogP contribution in [0, 0.1) is 0 Å². The molecule has 0 saturated heterocycles. The van der Waals surface area contributed by atoms with Crippen LogP contribution in [0.3, 0.4) is 0 Å². The van der Waals surface area contributed by atoms with Crippen molar-refractivity contribution in [1.29, 1.82) is 0 Å². The molecule has 1 nitrogen and oxygen atoms in total. The van der Waals surface area contributed by atoms with Crippen LogP contribution >= 0.6 is 39.3 Å². The first-order chi connectivity index (χ1) is 9.61. The van der Waals surface area contributed by atoms with E-state index in [4.69, 9.17) is 11.6 Å². The number of carbonyl (C=O) groups excluding carboxylic acids is 1. The molecule has 0 amide bonds. The van der Waals surface area contributed by atoms with Crippen LogP contribution in [0.1, 0.15) is 28.4 Å². The van der Waals surface area contributed by atoms with Gasteiger partial charge in [-0.2, -0.15) is 11.8 Å². The Hall–Kier alpha value is -0.770. The summed E-state index contributed by atoms with van der Waals surface area (Å²) in [7, 11) is 0. The van der Waals surface area contributed by atoms with E-state index in [-0.39, 0.29) is 5.78 Å². The SMILES string of the molecule is CCSCc1ccc(C(=O)c2ccc(Cl)cc2)c(Br)c1. The summed E-state index contributed by atoms with van der Waals surface area (Å²) in [6, 6.07) is 12.9. The lowest BCUT2D eigenvalue weighted by atomic mass is 10.0. The molecule has 0 aliphatic carbocycles. The summed E-state index contributed by atoms with van der Waals surface area (Å²) in [6.45, 7) is 2.14. The molecule has 20 heavy (non-hydrogen) atoms. The van der Waals surface area contributed by atoms with Gasteiger partial charge in [0.2, 0.25) is 0 Å². The van der Waals surface area contributed by atoms with Crippen LogP contribution < -0.4 is 0 Å². The molecule has 0 radical (unpaired) electrons. The van der Waals surface area contributed by atoms with Gasteiger partial charge in [-0.05, 0) is 47.7 Å². The van der Waals surface area contributed by atoms with Gasteiger partial charge in [0.1, 0.15) is 0 Å². The number of rotatable bonds is 5. The highest BCUT2D eigenvalue weighted by Crippen LogP contribution is 2.24. The quantitative estimate of drug-likeness (QED) is 0.639. The summed E-state index contributed by atoms with van der Waals surface area (Å²) in [5, 5.41) is 0.632. The van der Waals surface area contributed by atoms with Crippen LogP contribution in [0.4, 0.5) is 0 Å². The van der Waals surface area contributed by atoms with Crippen LogP contribution in [-0.4, -0.2) is 11.5 Å². The Bertz CT molecular complexity index is 610. The Kier molecular flexibility index (Phi) is 5.70. The highest BCUT2D eigenvalue weighted by Gasteiger charge is 2.12. The van der Waals surface area contributed by atoms with Crippen LogP contribution in [0.2, 0.25) is 5.02 Å². The van der Waals surface area contributed by atoms with Gasteiger partial charge in [0, 0.05) is 26.4 Å². The van der Waals surface area contributed by atoms with Crippen LogP contribution in [0.5, 0.6) is 0 Å². The smallest absolute Gasteiger partial charge is 0.194 e. The minimum absolute atomic E-state index is 0.00300. The van der Waals surface area contributed by atoms with Gasteiger partial charge in [-0.25, -0.2) is 0 Å². The molecular weight excluding hydrogens is 356 g/mol. The Morgan fingerprint density at radius 3 is 2.50 bits per heavy atom. The molecule has 0 heterocycles. The summed E-state index contributed by atoms with van der Waals surface area (Å²) in [4.78, 5) is 12.4. The third-order valence-corrected chi connectivity index (χ3v) is 4.71. The van der Waals surface area contributed by atoms with Gasteiger partial charge in [-0.15, -0.1) is 0 Å². The van der Waals surface area contributed by atoms with Crippen LogP contribution in [-0.2, 0) is 5.75 Å². The molecule has 0 bridgehead atoms. The van der Waals surface area contributed by atoms with Gasteiger partial charge in [0.25, 0.3) is 0 Å². The van der Waals surface area contributed by atoms with Crippen molar-refractivity contribution >= 4 is 45.1 Å². The lowest BCUT2D eigenvalue weighted by Gasteiger charge is -2.07. The summed E-state index contributed by atoms with van der Waals surface area (Å²) in [5.41, 5.74) is 2.54. The number of hydrogen-bond donors (Lipinski definition) is 0. The maximum atomic E-state index is 12.4. The molecular formula is C16H14BrClOS. The number of halogens is 2. The molecule has 4 heteroatoms. The van der Waals surface area contributed by atoms with Crippen molar-refractivity contribution < 1.29 is 4.79 Å². The minimum Gasteiger partial charge on any atom is -0.289 e. The molecule has 0 aliphatic rings. The van der Waals surface area contributed by atoms with Crippen molar-refractivity contribution in [3.05, 3.63) is 68.7 Å². The second-order valence-corrected chi connectivity index (χ2v) is 6.85.